The first kappa shape index (κ1) is 15.6. The summed E-state index contributed by atoms with van der Waals surface area (Å²) < 4.78 is 5.63. The largest absolute Gasteiger partial charge is 0.366 e. The maximum absolute atomic E-state index is 11.7. The van der Waals surface area contributed by atoms with E-state index in [1.807, 2.05) is 51.1 Å². The summed E-state index contributed by atoms with van der Waals surface area (Å²) in [6.07, 6.45) is 0.758. The molecule has 104 valence electrons. The second kappa shape index (κ2) is 7.85. The van der Waals surface area contributed by atoms with Crippen LogP contribution < -0.4 is 0 Å². The van der Waals surface area contributed by atoms with Crippen LogP contribution in [0.2, 0.25) is 0 Å². The minimum absolute atomic E-state index is 0.103. The van der Waals surface area contributed by atoms with Crippen molar-refractivity contribution in [3.63, 3.8) is 0 Å². The van der Waals surface area contributed by atoms with E-state index in [1.54, 1.807) is 0 Å². The monoisotopic (exact) mass is 262 g/mol. The van der Waals surface area contributed by atoms with E-state index < -0.39 is 6.10 Å². The lowest BCUT2D eigenvalue weighted by Gasteiger charge is -2.24. The van der Waals surface area contributed by atoms with Crippen molar-refractivity contribution in [2.75, 3.05) is 0 Å². The highest BCUT2D eigenvalue weighted by molar-refractivity contribution is 5.81. The van der Waals surface area contributed by atoms with Gasteiger partial charge in [-0.05, 0) is 11.5 Å². The zero-order chi connectivity index (χ0) is 14.3. The number of carbonyl (C=O) groups excluding carboxylic acids is 2. The average Bonchev–Trinajstić information content (AvgIpc) is 2.47. The molecule has 1 aromatic carbocycles. The smallest absolute Gasteiger partial charge is 0.149 e. The van der Waals surface area contributed by atoms with E-state index in [1.165, 1.54) is 0 Å². The van der Waals surface area contributed by atoms with Crippen molar-refractivity contribution in [3.05, 3.63) is 35.9 Å². The Kier molecular flexibility index (Phi) is 6.43. The van der Waals surface area contributed by atoms with Gasteiger partial charge in [0.05, 0.1) is 6.61 Å². The SMILES string of the molecule is CCC(=O)[C@@H](C)[C@H](C)[C@H](C=O)OCc1ccccc1. The van der Waals surface area contributed by atoms with Gasteiger partial charge in [0.2, 0.25) is 0 Å². The number of aldehydes is 1. The lowest BCUT2D eigenvalue weighted by molar-refractivity contribution is -0.130. The summed E-state index contributed by atoms with van der Waals surface area (Å²) in [7, 11) is 0. The zero-order valence-corrected chi connectivity index (χ0v) is 11.8. The van der Waals surface area contributed by atoms with Crippen LogP contribution in [0.25, 0.3) is 0 Å². The van der Waals surface area contributed by atoms with Crippen molar-refractivity contribution in [2.24, 2.45) is 11.8 Å². The Morgan fingerprint density at radius 2 is 1.89 bits per heavy atom. The number of rotatable bonds is 8. The molecule has 0 bridgehead atoms. The molecule has 1 rings (SSSR count). The Morgan fingerprint density at radius 1 is 1.26 bits per heavy atom. The van der Waals surface area contributed by atoms with Crippen LogP contribution in [0, 0.1) is 11.8 Å². The highest BCUT2D eigenvalue weighted by atomic mass is 16.5. The second-order valence-electron chi connectivity index (χ2n) is 4.86. The number of ketones is 1. The molecule has 1 aromatic rings. The molecule has 0 saturated heterocycles. The number of ether oxygens (including phenoxy) is 1. The minimum atomic E-state index is -0.536. The van der Waals surface area contributed by atoms with E-state index in [4.69, 9.17) is 4.74 Å². The first-order valence-electron chi connectivity index (χ1n) is 6.73. The van der Waals surface area contributed by atoms with Gasteiger partial charge in [0.1, 0.15) is 18.2 Å². The number of benzene rings is 1. The lowest BCUT2D eigenvalue weighted by atomic mass is 9.87. The predicted octanol–water partition coefficient (Wildman–Crippen LogP) is 3.02. The first-order valence-corrected chi connectivity index (χ1v) is 6.73. The third-order valence-corrected chi connectivity index (χ3v) is 3.58. The van der Waals surface area contributed by atoms with Crippen LogP contribution >= 0.6 is 0 Å². The molecule has 3 heteroatoms. The van der Waals surface area contributed by atoms with Gasteiger partial charge in [-0.25, -0.2) is 0 Å². The molecule has 0 N–H and O–H groups in total. The van der Waals surface area contributed by atoms with E-state index in [9.17, 15) is 9.59 Å². The highest BCUT2D eigenvalue weighted by Gasteiger charge is 2.26. The minimum Gasteiger partial charge on any atom is -0.366 e. The molecule has 0 aliphatic carbocycles. The molecule has 0 unspecified atom stereocenters. The van der Waals surface area contributed by atoms with E-state index in [0.29, 0.717) is 13.0 Å². The van der Waals surface area contributed by atoms with Crippen LogP contribution in [0.5, 0.6) is 0 Å². The van der Waals surface area contributed by atoms with Crippen LogP contribution in [-0.4, -0.2) is 18.2 Å². The maximum Gasteiger partial charge on any atom is 0.149 e. The second-order valence-corrected chi connectivity index (χ2v) is 4.86. The quantitative estimate of drug-likeness (QED) is 0.676. The Hall–Kier alpha value is -1.48. The standard InChI is InChI=1S/C16H22O3/c1-4-15(18)12(2)13(3)16(10-17)19-11-14-8-6-5-7-9-14/h5-10,12-13,16H,4,11H2,1-3H3/t12-,13-,16-/m0/s1. The summed E-state index contributed by atoms with van der Waals surface area (Å²) in [6.45, 7) is 5.98. The van der Waals surface area contributed by atoms with Gasteiger partial charge in [-0.3, -0.25) is 4.79 Å². The third kappa shape index (κ3) is 4.60. The van der Waals surface area contributed by atoms with Crippen molar-refractivity contribution in [1.29, 1.82) is 0 Å². The molecule has 0 fully saturated rings. The number of carbonyl (C=O) groups is 2. The van der Waals surface area contributed by atoms with Gasteiger partial charge in [0.25, 0.3) is 0 Å². The molecular formula is C16H22O3. The van der Waals surface area contributed by atoms with Crippen LogP contribution in [0.3, 0.4) is 0 Å². The normalized spacial score (nSPS) is 15.5. The summed E-state index contributed by atoms with van der Waals surface area (Å²) >= 11 is 0. The van der Waals surface area contributed by atoms with Crippen molar-refractivity contribution >= 4 is 12.1 Å². The van der Waals surface area contributed by atoms with E-state index in [-0.39, 0.29) is 17.6 Å². The van der Waals surface area contributed by atoms with Gasteiger partial charge in [-0.2, -0.15) is 0 Å². The van der Waals surface area contributed by atoms with Crippen LogP contribution in [-0.2, 0) is 20.9 Å². The van der Waals surface area contributed by atoms with E-state index in [2.05, 4.69) is 0 Å². The average molecular weight is 262 g/mol. The Labute approximate surface area is 115 Å². The van der Waals surface area contributed by atoms with Gasteiger partial charge in [0, 0.05) is 12.3 Å². The fourth-order valence-electron chi connectivity index (χ4n) is 1.98. The fourth-order valence-corrected chi connectivity index (χ4v) is 1.98. The Balaban J connectivity index is 2.58. The molecule has 0 heterocycles. The summed E-state index contributed by atoms with van der Waals surface area (Å²) in [5, 5.41) is 0. The molecule has 0 spiro atoms. The molecule has 0 aliphatic heterocycles. The van der Waals surface area contributed by atoms with E-state index in [0.717, 1.165) is 11.8 Å². The van der Waals surface area contributed by atoms with Gasteiger partial charge in [-0.15, -0.1) is 0 Å². The van der Waals surface area contributed by atoms with Crippen molar-refractivity contribution in [3.8, 4) is 0 Å². The Bertz CT molecular complexity index is 400. The summed E-state index contributed by atoms with van der Waals surface area (Å²) in [5.74, 6) is -0.0905. The molecule has 0 radical (unpaired) electrons. The zero-order valence-electron chi connectivity index (χ0n) is 11.8. The molecule has 0 aliphatic rings. The van der Waals surface area contributed by atoms with Crippen LogP contribution in [0.4, 0.5) is 0 Å². The molecule has 0 saturated carbocycles. The van der Waals surface area contributed by atoms with E-state index >= 15 is 0 Å². The van der Waals surface area contributed by atoms with Crippen molar-refractivity contribution in [2.45, 2.75) is 39.9 Å². The van der Waals surface area contributed by atoms with Crippen LogP contribution in [0.15, 0.2) is 30.3 Å². The fraction of sp³-hybridized carbons (Fsp3) is 0.500. The maximum atomic E-state index is 11.7. The third-order valence-electron chi connectivity index (χ3n) is 3.58. The molecule has 0 aromatic heterocycles. The lowest BCUT2D eigenvalue weighted by Crippen LogP contribution is -2.32. The summed E-state index contributed by atoms with van der Waals surface area (Å²) in [5.41, 5.74) is 1.02. The number of hydrogen-bond acceptors (Lipinski definition) is 3. The van der Waals surface area contributed by atoms with Gasteiger partial charge >= 0.3 is 0 Å². The van der Waals surface area contributed by atoms with Gasteiger partial charge in [-0.1, -0.05) is 51.1 Å². The van der Waals surface area contributed by atoms with Crippen molar-refractivity contribution in [1.82, 2.24) is 0 Å². The number of Topliss-reactive ketones (excluding diaryl/α,β-unsaturated/α-hetero) is 1. The van der Waals surface area contributed by atoms with Crippen molar-refractivity contribution < 1.29 is 14.3 Å². The van der Waals surface area contributed by atoms with Gasteiger partial charge < -0.3 is 9.53 Å². The molecule has 3 atom stereocenters. The summed E-state index contributed by atoms with van der Waals surface area (Å²) in [6, 6.07) is 9.70. The molecule has 0 amide bonds. The molecule has 3 nitrogen and oxygen atoms in total. The van der Waals surface area contributed by atoms with Gasteiger partial charge in [0.15, 0.2) is 0 Å². The topological polar surface area (TPSA) is 43.4 Å². The molecular weight excluding hydrogens is 240 g/mol. The number of hydrogen-bond donors (Lipinski definition) is 0. The molecule has 19 heavy (non-hydrogen) atoms. The predicted molar refractivity (Wildman–Crippen MR) is 74.7 cm³/mol. The highest BCUT2D eigenvalue weighted by Crippen LogP contribution is 2.20. The first-order chi connectivity index (χ1) is 9.10. The van der Waals surface area contributed by atoms with Crippen LogP contribution in [0.1, 0.15) is 32.8 Å². The Morgan fingerprint density at radius 3 is 2.42 bits per heavy atom. The summed E-state index contributed by atoms with van der Waals surface area (Å²) in [4.78, 5) is 22.8.